The van der Waals surface area contributed by atoms with Crippen molar-refractivity contribution in [3.05, 3.63) is 240 Å². The zero-order valence-corrected chi connectivity index (χ0v) is 73.9. The second-order valence-electron chi connectivity index (χ2n) is 37.1. The first-order valence-corrected chi connectivity index (χ1v) is 44.2. The molecule has 8 aromatic rings. The van der Waals surface area contributed by atoms with Crippen molar-refractivity contribution in [1.29, 1.82) is 5.26 Å². The van der Waals surface area contributed by atoms with Crippen molar-refractivity contribution in [2.24, 2.45) is 71.0 Å². The molecular formula is C102H103F2N9O16. The highest BCUT2D eigenvalue weighted by Crippen LogP contribution is 2.63. The Balaban J connectivity index is 0.000000121. The second-order valence-corrected chi connectivity index (χ2v) is 37.1. The summed E-state index contributed by atoms with van der Waals surface area (Å²) in [6, 6.07) is 46.1. The molecule has 25 nitrogen and oxygen atoms in total. The number of esters is 4. The van der Waals surface area contributed by atoms with Crippen LogP contribution in [0.3, 0.4) is 0 Å². The Bertz CT molecular complexity index is 5810. The topological polar surface area (TPSA) is 334 Å². The molecule has 8 saturated heterocycles. The molecule has 0 bridgehead atoms. The van der Waals surface area contributed by atoms with E-state index in [2.05, 4.69) is 134 Å². The minimum atomic E-state index is -1.31. The number of aryl methyl sites for hydroxylation is 1. The van der Waals surface area contributed by atoms with Crippen molar-refractivity contribution in [2.45, 2.75) is 185 Å². The summed E-state index contributed by atoms with van der Waals surface area (Å²) in [6.45, 7) is 26.2. The molecule has 4 aromatic heterocycles. The van der Waals surface area contributed by atoms with Crippen LogP contribution in [0.15, 0.2) is 195 Å². The van der Waals surface area contributed by atoms with Crippen molar-refractivity contribution >= 4 is 72.6 Å². The molecule has 666 valence electrons. The van der Waals surface area contributed by atoms with Gasteiger partial charge in [0.1, 0.15) is 58.2 Å². The van der Waals surface area contributed by atoms with Crippen LogP contribution in [-0.4, -0.2) is 137 Å². The van der Waals surface area contributed by atoms with Crippen LogP contribution in [-0.2, 0) is 57.1 Å². The standard InChI is InChI=1S/C26H25N3O4.C26H28N2O4.2C25H25FN2O4/c1-15-12-25-23(30)32-17(3)26(25,29-24(31)33-25)22(16(15)2)10-9-21-8-7-20(14-28-21)19-6-4-5-18(11-19)13-27;1-15-7-5-6-8-21(15)19-9-10-20(27-14-19)11-12-22-17(3)16(2)13-25-23(29)31-18(4)26(22,25)28-24(30)32-25;1-14-12-24-22(29)31-16(3)25(24,28-23(30)32-24)21(15(14)2)10-9-20-8-7-18(13-27-20)17-5-4-6-19(26)11-17;1-14-12-24-22(29)31-16(3)25(24,28-23(30)32-24)20(15(14)2)11-10-18-9-8-17(13-27-18)19-6-4-5-7-21(19)26/h4-11,14-17,22H,12H2,1-3H3,(H,29,31);5-12,14,16-18,22H,13H2,1-4H3,(H,28,30);4-11,13-16,21H,12H2,1-3H3,(H,28,30);4-11,13-16,20H,12H2,1-3H3,(H,28,30)/b10-9+;12-11+;10-9+;11-10+/t15-,16+,17+,22-,25+,26+;16-,17+,18+,22-,25+,26+;14-,15+,16+,21-,24+,25+;14-,15+,16+,20-,24+,25+/m0000/s1. The Kier molecular flexibility index (Phi) is 22.5. The number of cyclic esters (lactones) is 4. The van der Waals surface area contributed by atoms with E-state index in [4.69, 9.17) is 43.2 Å². The van der Waals surface area contributed by atoms with Gasteiger partial charge in [-0.25, -0.2) is 47.1 Å². The summed E-state index contributed by atoms with van der Waals surface area (Å²) in [4.78, 5) is 119. The maximum atomic E-state index is 14.1. The number of nitrogens with one attached hydrogen (secondary N) is 4. The molecule has 8 aliphatic heterocycles. The van der Waals surface area contributed by atoms with Gasteiger partial charge >= 0.3 is 48.3 Å². The van der Waals surface area contributed by atoms with Gasteiger partial charge in [0, 0.05) is 102 Å². The lowest BCUT2D eigenvalue weighted by molar-refractivity contribution is -0.158. The van der Waals surface area contributed by atoms with Crippen molar-refractivity contribution in [1.82, 2.24) is 41.2 Å². The number of rotatable bonds is 12. The van der Waals surface area contributed by atoms with Crippen LogP contribution in [0.5, 0.6) is 0 Å². The molecule has 4 amide bonds. The van der Waals surface area contributed by atoms with Crippen LogP contribution in [0.25, 0.3) is 68.8 Å². The third kappa shape index (κ3) is 14.0. The summed E-state index contributed by atoms with van der Waals surface area (Å²) in [5, 5.41) is 21.0. The van der Waals surface area contributed by atoms with E-state index in [1.807, 2.05) is 148 Å². The minimum Gasteiger partial charge on any atom is -0.457 e. The fraction of sp³-hybridized carbons (Fsp3) is 0.402. The number of ether oxygens (including phenoxy) is 8. The van der Waals surface area contributed by atoms with Gasteiger partial charge in [0.25, 0.3) is 0 Å². The number of benzene rings is 4. The molecule has 12 fully saturated rings. The van der Waals surface area contributed by atoms with Gasteiger partial charge in [-0.1, -0.05) is 171 Å². The summed E-state index contributed by atoms with van der Waals surface area (Å²) < 4.78 is 72.6. The van der Waals surface area contributed by atoms with E-state index < -0.39 is 117 Å². The average Bonchev–Trinajstić information content (AvgIpc) is 1.53. The van der Waals surface area contributed by atoms with Crippen LogP contribution >= 0.6 is 0 Å². The van der Waals surface area contributed by atoms with Gasteiger partial charge in [0.2, 0.25) is 22.4 Å². The number of carbonyl (C=O) groups excluding carboxylic acids is 8. The first-order chi connectivity index (χ1) is 61.6. The van der Waals surface area contributed by atoms with E-state index in [1.54, 1.807) is 55.8 Å². The molecular weight excluding hydrogens is 1650 g/mol. The average molecular weight is 1750 g/mol. The number of hydrogen-bond acceptors (Lipinski definition) is 21. The lowest BCUT2D eigenvalue weighted by Gasteiger charge is -2.49. The number of amides is 4. The molecule has 24 atom stereocenters. The minimum absolute atomic E-state index is 0.139. The Hall–Kier alpha value is -13.3. The summed E-state index contributed by atoms with van der Waals surface area (Å²) in [5.41, 5.74) is 2.67. The molecule has 0 unspecified atom stereocenters. The van der Waals surface area contributed by atoms with E-state index in [0.29, 0.717) is 48.1 Å². The van der Waals surface area contributed by atoms with Gasteiger partial charge in [0.05, 0.1) is 34.4 Å². The number of pyridine rings is 4. The summed E-state index contributed by atoms with van der Waals surface area (Å²) >= 11 is 0. The van der Waals surface area contributed by atoms with Crippen molar-refractivity contribution < 1.29 is 85.0 Å². The second kappa shape index (κ2) is 33.1. The SMILES string of the molecule is C[C@@H]1[C@@H](C)C[C@]23OC(=O)N[C@]2([C@@H](C)OC3=O)[C@H]1/C=C/c1ccc(-c2cccc(C#N)c2)cn1.C[C@@H]1[C@@H](C)C[C@]23OC(=O)N[C@]2([C@@H](C)OC3=O)[C@H]1/C=C/c1ccc(-c2cccc(F)c2)cn1.C[C@@H]1[C@@H](C)C[C@]23OC(=O)N[C@]2([C@@H](C)OC3=O)[C@H]1/C=C/c1ccc(-c2ccccc2F)cn1.Cc1ccccc1-c1ccc(/C=C/[C@H]2[C@H](C)[C@@H](C)C[C@]34OC(=O)N[C@]23[C@@H](C)OC4=O)nc1. The van der Waals surface area contributed by atoms with Gasteiger partial charge in [-0.2, -0.15) is 5.26 Å². The number of alkyl carbamates (subject to hydrolysis) is 4. The zero-order valence-electron chi connectivity index (χ0n) is 73.9. The van der Waals surface area contributed by atoms with Gasteiger partial charge in [-0.05, 0) is 183 Å². The first kappa shape index (κ1) is 87.8. The lowest BCUT2D eigenvalue weighted by atomic mass is 9.55. The fourth-order valence-electron chi connectivity index (χ4n) is 23.2. The molecule has 4 N–H and O–H groups in total. The molecule has 27 heteroatoms. The number of halogens is 2. The van der Waals surface area contributed by atoms with Crippen LogP contribution in [0.2, 0.25) is 0 Å². The molecule has 12 heterocycles. The molecule has 4 saturated carbocycles. The number of aromatic nitrogens is 4. The Labute approximate surface area is 746 Å². The Morgan fingerprint density at radius 1 is 0.357 bits per heavy atom. The van der Waals surface area contributed by atoms with Crippen LogP contribution < -0.4 is 21.3 Å². The third-order valence-corrected chi connectivity index (χ3v) is 30.6. The third-order valence-electron chi connectivity index (χ3n) is 30.6. The zero-order chi connectivity index (χ0) is 91.4. The predicted molar refractivity (Wildman–Crippen MR) is 472 cm³/mol. The van der Waals surface area contributed by atoms with E-state index >= 15 is 0 Å². The smallest absolute Gasteiger partial charge is 0.409 e. The van der Waals surface area contributed by atoms with E-state index in [9.17, 15) is 47.1 Å². The number of nitriles is 1. The van der Waals surface area contributed by atoms with E-state index in [-0.39, 0.29) is 82.6 Å². The largest absolute Gasteiger partial charge is 0.457 e. The molecule has 20 rings (SSSR count). The quantitative estimate of drug-likeness (QED) is 0.0652. The molecule has 0 spiro atoms. The van der Waals surface area contributed by atoms with Crippen molar-refractivity contribution in [3.63, 3.8) is 0 Å². The van der Waals surface area contributed by atoms with Crippen LogP contribution in [0.1, 0.15) is 143 Å². The highest BCUT2D eigenvalue weighted by Gasteiger charge is 2.83. The first-order valence-electron chi connectivity index (χ1n) is 44.2. The fourth-order valence-corrected chi connectivity index (χ4v) is 23.2. The van der Waals surface area contributed by atoms with Gasteiger partial charge < -0.3 is 59.2 Å². The molecule has 4 aromatic carbocycles. The Morgan fingerprint density at radius 2 is 0.659 bits per heavy atom. The van der Waals surface area contributed by atoms with Crippen molar-refractivity contribution in [3.8, 4) is 50.6 Å². The summed E-state index contributed by atoms with van der Waals surface area (Å²) in [5.74, 6) is -1.82. The van der Waals surface area contributed by atoms with Crippen molar-refractivity contribution in [2.75, 3.05) is 0 Å². The summed E-state index contributed by atoms with van der Waals surface area (Å²) in [6.07, 6.45) is 20.2. The number of hydrogen-bond donors (Lipinski definition) is 4. The van der Waals surface area contributed by atoms with Gasteiger partial charge in [-0.15, -0.1) is 0 Å². The maximum absolute atomic E-state index is 14.1. The monoisotopic (exact) mass is 1750 g/mol. The number of carbonyl (C=O) groups is 8. The predicted octanol–water partition coefficient (Wildman–Crippen LogP) is 17.3. The molecule has 12 aliphatic rings. The Morgan fingerprint density at radius 3 is 0.969 bits per heavy atom. The van der Waals surface area contributed by atoms with Gasteiger partial charge in [0.15, 0.2) is 0 Å². The van der Waals surface area contributed by atoms with Gasteiger partial charge in [-0.3, -0.25) is 19.9 Å². The van der Waals surface area contributed by atoms with Crippen LogP contribution in [0.4, 0.5) is 28.0 Å². The maximum Gasteiger partial charge on any atom is 0.409 e. The normalized spacial score (nSPS) is 35.5. The van der Waals surface area contributed by atoms with E-state index in [1.165, 1.54) is 23.8 Å². The summed E-state index contributed by atoms with van der Waals surface area (Å²) in [7, 11) is 0. The number of nitrogens with zero attached hydrogens (tertiary/aromatic N) is 5. The molecule has 129 heavy (non-hydrogen) atoms. The highest BCUT2D eigenvalue weighted by atomic mass is 19.1. The lowest BCUT2D eigenvalue weighted by Crippen LogP contribution is -2.69. The van der Waals surface area contributed by atoms with E-state index in [0.717, 1.165) is 50.5 Å². The van der Waals surface area contributed by atoms with Crippen LogP contribution in [0, 0.1) is 101 Å². The molecule has 0 radical (unpaired) electrons. The highest BCUT2D eigenvalue weighted by molar-refractivity contribution is 5.96. The molecule has 4 aliphatic carbocycles.